The molecule has 0 radical (unpaired) electrons. The number of benzene rings is 1. The van der Waals surface area contributed by atoms with Crippen molar-refractivity contribution in [3.8, 4) is 0 Å². The molecule has 0 spiro atoms. The standard InChI is InChI=1S/C34H50F2/c1-3-5-7-11-26-14-18-28(19-15-26)29-20-16-27(17-21-29)22-24-34(23-10-6-4-2)25-30-12-8-9-13-31(30)32(35)33(34)36/h4,6,8-9,12-13,25-29,33H,3,5,7,10-11,14-24H2,1-2H3/b6-4+. The molecule has 0 aliphatic heterocycles. The molecule has 0 bridgehead atoms. The normalized spacial score (nSPS) is 32.9. The lowest BCUT2D eigenvalue weighted by atomic mass is 9.66. The average molecular weight is 497 g/mol. The zero-order valence-corrected chi connectivity index (χ0v) is 23.0. The Morgan fingerprint density at radius 2 is 1.50 bits per heavy atom. The van der Waals surface area contributed by atoms with Gasteiger partial charge in [-0.2, -0.15) is 0 Å². The molecule has 2 atom stereocenters. The van der Waals surface area contributed by atoms with Gasteiger partial charge in [0.1, 0.15) is 5.83 Å². The van der Waals surface area contributed by atoms with Crippen LogP contribution in [0.4, 0.5) is 8.78 Å². The lowest BCUT2D eigenvalue weighted by Crippen LogP contribution is -2.43. The van der Waals surface area contributed by atoms with Crippen LogP contribution < -0.4 is 10.4 Å². The Kier molecular flexibility index (Phi) is 10.3. The van der Waals surface area contributed by atoms with E-state index in [2.05, 4.69) is 19.1 Å². The van der Waals surface area contributed by atoms with Gasteiger partial charge in [-0.1, -0.05) is 101 Å². The minimum atomic E-state index is -1.53. The molecular weight excluding hydrogens is 446 g/mol. The van der Waals surface area contributed by atoms with E-state index in [9.17, 15) is 0 Å². The van der Waals surface area contributed by atoms with Gasteiger partial charge in [0.15, 0.2) is 6.17 Å². The molecule has 0 amide bonds. The number of halogens is 2. The molecule has 0 nitrogen and oxygen atoms in total. The van der Waals surface area contributed by atoms with Crippen LogP contribution in [0.25, 0.3) is 11.9 Å². The Bertz CT molecular complexity index is 946. The van der Waals surface area contributed by atoms with Crippen molar-refractivity contribution in [2.45, 2.75) is 123 Å². The Morgan fingerprint density at radius 1 is 0.861 bits per heavy atom. The quantitative estimate of drug-likeness (QED) is 0.211. The van der Waals surface area contributed by atoms with Gasteiger partial charge in [0.2, 0.25) is 0 Å². The fourth-order valence-electron chi connectivity index (χ4n) is 7.71. The maximum absolute atomic E-state index is 15.7. The molecule has 36 heavy (non-hydrogen) atoms. The smallest absolute Gasteiger partial charge is 0.161 e. The van der Waals surface area contributed by atoms with E-state index < -0.39 is 17.4 Å². The average Bonchev–Trinajstić information content (AvgIpc) is 2.91. The van der Waals surface area contributed by atoms with Crippen molar-refractivity contribution in [3.05, 3.63) is 46.9 Å². The molecule has 0 aromatic heterocycles. The van der Waals surface area contributed by atoms with Crippen LogP contribution >= 0.6 is 0 Å². The van der Waals surface area contributed by atoms with Crippen LogP contribution in [0.15, 0.2) is 36.4 Å². The van der Waals surface area contributed by atoms with Crippen molar-refractivity contribution in [1.82, 2.24) is 0 Å². The molecular formula is C34H50F2. The van der Waals surface area contributed by atoms with E-state index in [-0.39, 0.29) is 0 Å². The first kappa shape index (κ1) is 27.6. The number of fused-ring (bicyclic) bond motifs is 1. The lowest BCUT2D eigenvalue weighted by Gasteiger charge is -2.40. The van der Waals surface area contributed by atoms with Crippen LogP contribution in [-0.2, 0) is 0 Å². The molecule has 3 aliphatic rings. The fourth-order valence-corrected chi connectivity index (χ4v) is 7.71. The number of rotatable bonds is 11. The second-order valence-electron chi connectivity index (χ2n) is 12.4. The second-order valence-corrected chi connectivity index (χ2v) is 12.4. The van der Waals surface area contributed by atoms with E-state index in [4.69, 9.17) is 0 Å². The maximum Gasteiger partial charge on any atom is 0.161 e. The third kappa shape index (κ3) is 6.70. The van der Waals surface area contributed by atoms with Gasteiger partial charge < -0.3 is 0 Å². The monoisotopic (exact) mass is 496 g/mol. The summed E-state index contributed by atoms with van der Waals surface area (Å²) in [4.78, 5) is 0. The molecule has 0 N–H and O–H groups in total. The summed E-state index contributed by atoms with van der Waals surface area (Å²) in [5.41, 5.74) is -0.717. The van der Waals surface area contributed by atoms with Crippen molar-refractivity contribution >= 4 is 11.9 Å². The molecule has 2 heteroatoms. The third-order valence-electron chi connectivity index (χ3n) is 10.1. The summed E-state index contributed by atoms with van der Waals surface area (Å²) in [6.07, 6.45) is 24.7. The van der Waals surface area contributed by atoms with Gasteiger partial charge in [-0.15, -0.1) is 0 Å². The predicted octanol–water partition coefficient (Wildman–Crippen LogP) is 9.21. The van der Waals surface area contributed by atoms with E-state index in [0.29, 0.717) is 17.6 Å². The van der Waals surface area contributed by atoms with Gasteiger partial charge in [-0.3, -0.25) is 0 Å². The predicted molar refractivity (Wildman–Crippen MR) is 150 cm³/mol. The van der Waals surface area contributed by atoms with Crippen LogP contribution in [0.1, 0.15) is 117 Å². The minimum Gasteiger partial charge on any atom is -0.239 e. The van der Waals surface area contributed by atoms with Crippen LogP contribution in [0, 0.1) is 29.1 Å². The Hall–Kier alpha value is -1.44. The molecule has 2 unspecified atom stereocenters. The first-order valence-corrected chi connectivity index (χ1v) is 15.3. The highest BCUT2D eigenvalue weighted by Gasteiger charge is 2.42. The van der Waals surface area contributed by atoms with E-state index in [1.807, 2.05) is 31.2 Å². The van der Waals surface area contributed by atoms with Crippen LogP contribution in [0.2, 0.25) is 0 Å². The van der Waals surface area contributed by atoms with E-state index >= 15 is 8.78 Å². The van der Waals surface area contributed by atoms with Gasteiger partial charge in [0, 0.05) is 10.6 Å². The van der Waals surface area contributed by atoms with Crippen molar-refractivity contribution in [3.63, 3.8) is 0 Å². The Balaban J connectivity index is 1.31. The molecule has 1 aromatic carbocycles. The van der Waals surface area contributed by atoms with Crippen LogP contribution in [0.3, 0.4) is 0 Å². The van der Waals surface area contributed by atoms with Gasteiger partial charge >= 0.3 is 0 Å². The lowest BCUT2D eigenvalue weighted by molar-refractivity contribution is 0.125. The first-order chi connectivity index (χ1) is 17.6. The summed E-state index contributed by atoms with van der Waals surface area (Å²) in [6, 6.07) is 7.43. The van der Waals surface area contributed by atoms with E-state index in [0.717, 1.165) is 42.2 Å². The van der Waals surface area contributed by atoms with Crippen LogP contribution in [0.5, 0.6) is 0 Å². The topological polar surface area (TPSA) is 0 Å². The molecule has 0 saturated heterocycles. The molecule has 4 rings (SSSR count). The van der Waals surface area contributed by atoms with Crippen molar-refractivity contribution in [1.29, 1.82) is 0 Å². The summed E-state index contributed by atoms with van der Waals surface area (Å²) in [6.45, 7) is 4.31. The molecule has 200 valence electrons. The van der Waals surface area contributed by atoms with Gasteiger partial charge in [-0.05, 0) is 87.2 Å². The number of hydrogen-bond donors (Lipinski definition) is 0. The Morgan fingerprint density at radius 3 is 2.14 bits per heavy atom. The molecule has 1 aromatic rings. The summed E-state index contributed by atoms with van der Waals surface area (Å²) >= 11 is 0. The number of alkyl halides is 1. The number of hydrogen-bond acceptors (Lipinski definition) is 0. The van der Waals surface area contributed by atoms with Crippen molar-refractivity contribution in [2.75, 3.05) is 0 Å². The molecule has 2 saturated carbocycles. The minimum absolute atomic E-state index is 0.451. The first-order valence-electron chi connectivity index (χ1n) is 15.3. The summed E-state index contributed by atoms with van der Waals surface area (Å²) in [5, 5.41) is 1.32. The third-order valence-corrected chi connectivity index (χ3v) is 10.1. The highest BCUT2D eigenvalue weighted by molar-refractivity contribution is 5.54. The zero-order chi connectivity index (χ0) is 25.4. The highest BCUT2D eigenvalue weighted by atomic mass is 19.2. The van der Waals surface area contributed by atoms with E-state index in [1.54, 1.807) is 6.07 Å². The number of unbranched alkanes of at least 4 members (excludes halogenated alkanes) is 2. The van der Waals surface area contributed by atoms with Gasteiger partial charge in [0.05, 0.1) is 0 Å². The fraction of sp³-hybridized carbons (Fsp3) is 0.706. The second kappa shape index (κ2) is 13.4. The summed E-state index contributed by atoms with van der Waals surface area (Å²) in [7, 11) is 0. The molecule has 3 aliphatic carbocycles. The zero-order valence-electron chi connectivity index (χ0n) is 23.0. The number of allylic oxidation sites excluding steroid dienone is 2. The summed E-state index contributed by atoms with van der Waals surface area (Å²) < 4.78 is 30.9. The largest absolute Gasteiger partial charge is 0.239 e. The molecule has 0 heterocycles. The van der Waals surface area contributed by atoms with Crippen molar-refractivity contribution < 1.29 is 8.78 Å². The van der Waals surface area contributed by atoms with Crippen molar-refractivity contribution in [2.24, 2.45) is 29.1 Å². The SMILES string of the molecule is C/C=C/CCC1(CCC2CCC(C3CCC(CCCCC)CC3)CC2)C=c2ccccc2=C(F)C1F. The maximum atomic E-state index is 15.7. The Labute approximate surface area is 219 Å². The summed E-state index contributed by atoms with van der Waals surface area (Å²) in [5.74, 6) is 2.97. The highest BCUT2D eigenvalue weighted by Crippen LogP contribution is 2.47. The van der Waals surface area contributed by atoms with Crippen LogP contribution in [-0.4, -0.2) is 6.17 Å². The molecule has 2 fully saturated rings. The van der Waals surface area contributed by atoms with Gasteiger partial charge in [-0.25, -0.2) is 8.78 Å². The van der Waals surface area contributed by atoms with E-state index in [1.165, 1.54) is 77.0 Å². The van der Waals surface area contributed by atoms with Gasteiger partial charge in [0.25, 0.3) is 0 Å².